The van der Waals surface area contributed by atoms with E-state index in [0.29, 0.717) is 12.2 Å². The molecule has 1 aromatic carbocycles. The first-order chi connectivity index (χ1) is 13.0. The highest BCUT2D eigenvalue weighted by atomic mass is 16.6. The molecule has 0 unspecified atom stereocenters. The van der Waals surface area contributed by atoms with E-state index in [4.69, 9.17) is 9.26 Å². The zero-order chi connectivity index (χ0) is 19.4. The van der Waals surface area contributed by atoms with Gasteiger partial charge in [0.2, 0.25) is 0 Å². The number of anilines is 1. The number of methoxy groups -OCH3 is 1. The molecule has 144 valence electrons. The van der Waals surface area contributed by atoms with Crippen LogP contribution in [0.25, 0.3) is 0 Å². The van der Waals surface area contributed by atoms with E-state index >= 15 is 0 Å². The van der Waals surface area contributed by atoms with Gasteiger partial charge in [0.25, 0.3) is 5.69 Å². The summed E-state index contributed by atoms with van der Waals surface area (Å²) in [6, 6.07) is 5.54. The molecule has 0 aliphatic carbocycles. The van der Waals surface area contributed by atoms with Crippen molar-refractivity contribution in [3.05, 3.63) is 45.8 Å². The van der Waals surface area contributed by atoms with Crippen LogP contribution in [0.3, 0.4) is 0 Å². The molecule has 0 spiro atoms. The number of carbonyl (C=O) groups excluding carboxylic acids is 1. The minimum Gasteiger partial charge on any atom is -0.494 e. The molecule has 1 saturated heterocycles. The second kappa shape index (κ2) is 8.07. The molecular weight excluding hydrogens is 352 g/mol. The molecule has 1 aromatic heterocycles. The number of nitro groups is 1. The monoisotopic (exact) mass is 374 g/mol. The number of benzene rings is 1. The molecule has 27 heavy (non-hydrogen) atoms. The number of hydrogen-bond acceptors (Lipinski definition) is 6. The maximum absolute atomic E-state index is 12.8. The average molecular weight is 374 g/mol. The van der Waals surface area contributed by atoms with E-state index in [1.54, 1.807) is 4.90 Å². The summed E-state index contributed by atoms with van der Waals surface area (Å²) >= 11 is 0. The highest BCUT2D eigenvalue weighted by molar-refractivity contribution is 5.91. The van der Waals surface area contributed by atoms with Gasteiger partial charge in [0, 0.05) is 25.1 Å². The molecule has 1 aliphatic rings. The van der Waals surface area contributed by atoms with Gasteiger partial charge in [-0.1, -0.05) is 12.1 Å². The lowest BCUT2D eigenvalue weighted by Crippen LogP contribution is -2.34. The molecule has 0 bridgehead atoms. The lowest BCUT2D eigenvalue weighted by atomic mass is 10.1. The van der Waals surface area contributed by atoms with Gasteiger partial charge in [0.15, 0.2) is 0 Å². The fraction of sp³-hybridized carbons (Fsp3) is 0.444. The number of non-ortho nitro benzene ring substituents is 1. The van der Waals surface area contributed by atoms with Crippen molar-refractivity contribution in [3.63, 3.8) is 0 Å². The fourth-order valence-corrected chi connectivity index (χ4v) is 3.25. The zero-order valence-corrected chi connectivity index (χ0v) is 15.3. The maximum atomic E-state index is 12.8. The van der Waals surface area contributed by atoms with E-state index in [1.165, 1.54) is 25.3 Å². The van der Waals surface area contributed by atoms with Gasteiger partial charge in [-0.2, -0.15) is 0 Å². The Balaban J connectivity index is 1.75. The number of likely N-dealkylation sites (tertiary alicyclic amines) is 1. The quantitative estimate of drug-likeness (QED) is 0.606. The van der Waals surface area contributed by atoms with E-state index in [2.05, 4.69) is 17.4 Å². The van der Waals surface area contributed by atoms with Crippen LogP contribution in [-0.2, 0) is 6.42 Å². The van der Waals surface area contributed by atoms with Crippen molar-refractivity contribution in [2.24, 2.45) is 0 Å². The SMILES string of the molecule is CCCc1cc([C@H]2CCCN2C(=O)Nc2ccc([N+](=O)[O-])cc2OC)no1. The number of aromatic nitrogens is 1. The second-order valence-electron chi connectivity index (χ2n) is 6.39. The van der Waals surface area contributed by atoms with Gasteiger partial charge >= 0.3 is 6.03 Å². The third-order valence-electron chi connectivity index (χ3n) is 4.57. The van der Waals surface area contributed by atoms with Crippen molar-refractivity contribution in [2.75, 3.05) is 19.0 Å². The predicted octanol–water partition coefficient (Wildman–Crippen LogP) is 3.91. The van der Waals surface area contributed by atoms with Crippen molar-refractivity contribution in [3.8, 4) is 5.75 Å². The molecule has 1 aliphatic heterocycles. The molecule has 1 N–H and O–H groups in total. The first-order valence-corrected chi connectivity index (χ1v) is 8.89. The van der Waals surface area contributed by atoms with Crippen molar-refractivity contribution in [2.45, 2.75) is 38.6 Å². The number of rotatable bonds is 6. The van der Waals surface area contributed by atoms with Crippen LogP contribution in [0, 0.1) is 10.1 Å². The topological polar surface area (TPSA) is 111 Å². The Morgan fingerprint density at radius 2 is 2.30 bits per heavy atom. The van der Waals surface area contributed by atoms with Crippen LogP contribution >= 0.6 is 0 Å². The number of nitro benzene ring substituents is 1. The molecule has 2 amide bonds. The third kappa shape index (κ3) is 4.02. The predicted molar refractivity (Wildman–Crippen MR) is 97.8 cm³/mol. The smallest absolute Gasteiger partial charge is 0.322 e. The Morgan fingerprint density at radius 3 is 3.00 bits per heavy atom. The normalized spacial score (nSPS) is 16.4. The third-order valence-corrected chi connectivity index (χ3v) is 4.57. The van der Waals surface area contributed by atoms with Crippen LogP contribution in [0.1, 0.15) is 43.7 Å². The van der Waals surface area contributed by atoms with E-state index in [0.717, 1.165) is 37.1 Å². The van der Waals surface area contributed by atoms with Crippen LogP contribution in [0.5, 0.6) is 5.75 Å². The summed E-state index contributed by atoms with van der Waals surface area (Å²) in [5.74, 6) is 1.05. The van der Waals surface area contributed by atoms with Gasteiger partial charge in [-0.3, -0.25) is 10.1 Å². The molecule has 2 heterocycles. The Morgan fingerprint density at radius 1 is 1.48 bits per heavy atom. The number of hydrogen-bond donors (Lipinski definition) is 1. The molecule has 0 radical (unpaired) electrons. The van der Waals surface area contributed by atoms with Gasteiger partial charge in [0.1, 0.15) is 17.2 Å². The number of ether oxygens (including phenoxy) is 1. The van der Waals surface area contributed by atoms with Crippen molar-refractivity contribution >= 4 is 17.4 Å². The summed E-state index contributed by atoms with van der Waals surface area (Å²) in [6.45, 7) is 2.66. The molecule has 0 saturated carbocycles. The van der Waals surface area contributed by atoms with E-state index in [9.17, 15) is 14.9 Å². The van der Waals surface area contributed by atoms with Crippen molar-refractivity contribution in [1.82, 2.24) is 10.1 Å². The molecule has 1 atom stereocenters. The number of carbonyl (C=O) groups is 1. The van der Waals surface area contributed by atoms with Crippen LogP contribution in [0.4, 0.5) is 16.2 Å². The Kier molecular flexibility index (Phi) is 5.58. The maximum Gasteiger partial charge on any atom is 0.322 e. The van der Waals surface area contributed by atoms with Crippen molar-refractivity contribution < 1.29 is 19.0 Å². The summed E-state index contributed by atoms with van der Waals surface area (Å²) < 4.78 is 10.5. The molecule has 9 nitrogen and oxygen atoms in total. The first kappa shape index (κ1) is 18.7. The van der Waals surface area contributed by atoms with Crippen molar-refractivity contribution in [1.29, 1.82) is 0 Å². The minimum absolute atomic E-state index is 0.102. The highest BCUT2D eigenvalue weighted by Crippen LogP contribution is 2.34. The number of nitrogens with one attached hydrogen (secondary N) is 1. The Bertz CT molecular complexity index is 835. The highest BCUT2D eigenvalue weighted by Gasteiger charge is 2.32. The number of amides is 2. The Labute approximate surface area is 156 Å². The largest absolute Gasteiger partial charge is 0.494 e. The van der Waals surface area contributed by atoms with Gasteiger partial charge in [0.05, 0.1) is 29.8 Å². The summed E-state index contributed by atoms with van der Waals surface area (Å²) in [5, 5.41) is 17.8. The molecule has 9 heteroatoms. The summed E-state index contributed by atoms with van der Waals surface area (Å²) in [4.78, 5) is 24.9. The molecule has 2 aromatic rings. The summed E-state index contributed by atoms with van der Waals surface area (Å²) in [5.41, 5.74) is 1.03. The zero-order valence-electron chi connectivity index (χ0n) is 15.3. The van der Waals surface area contributed by atoms with Gasteiger partial charge in [-0.25, -0.2) is 4.79 Å². The minimum atomic E-state index is -0.511. The fourth-order valence-electron chi connectivity index (χ4n) is 3.25. The van der Waals surface area contributed by atoms with E-state index < -0.39 is 4.92 Å². The van der Waals surface area contributed by atoms with Gasteiger partial charge < -0.3 is 19.5 Å². The lowest BCUT2D eigenvalue weighted by molar-refractivity contribution is -0.384. The molecular formula is C18H22N4O5. The number of urea groups is 1. The van der Waals surface area contributed by atoms with Gasteiger partial charge in [-0.05, 0) is 25.3 Å². The number of aryl methyl sites for hydroxylation is 1. The second-order valence-corrected chi connectivity index (χ2v) is 6.39. The number of nitrogens with zero attached hydrogens (tertiary/aromatic N) is 3. The van der Waals surface area contributed by atoms with Crippen LogP contribution in [-0.4, -0.2) is 34.7 Å². The lowest BCUT2D eigenvalue weighted by Gasteiger charge is -2.23. The van der Waals surface area contributed by atoms with E-state index in [-0.39, 0.29) is 23.5 Å². The summed E-state index contributed by atoms with van der Waals surface area (Å²) in [7, 11) is 1.40. The average Bonchev–Trinajstić information content (AvgIpc) is 3.31. The molecule has 3 rings (SSSR count). The van der Waals surface area contributed by atoms with Crippen LogP contribution < -0.4 is 10.1 Å². The Hall–Kier alpha value is -3.10. The summed E-state index contributed by atoms with van der Waals surface area (Å²) in [6.07, 6.45) is 3.45. The molecule has 1 fully saturated rings. The van der Waals surface area contributed by atoms with Crippen LogP contribution in [0.15, 0.2) is 28.8 Å². The van der Waals surface area contributed by atoms with Gasteiger partial charge in [-0.15, -0.1) is 0 Å². The standard InChI is InChI=1S/C18H22N4O5/c1-3-5-13-11-15(20-27-13)16-6-4-9-21(16)18(23)19-14-8-7-12(22(24)25)10-17(14)26-2/h7-8,10-11,16H,3-6,9H2,1-2H3,(H,19,23)/t16-/m1/s1. The van der Waals surface area contributed by atoms with Crippen LogP contribution in [0.2, 0.25) is 0 Å². The first-order valence-electron chi connectivity index (χ1n) is 8.89. The van der Waals surface area contributed by atoms with E-state index in [1.807, 2.05) is 6.07 Å².